The van der Waals surface area contributed by atoms with Gasteiger partial charge in [0, 0.05) is 10.9 Å². The van der Waals surface area contributed by atoms with E-state index in [1.54, 1.807) is 7.11 Å². The van der Waals surface area contributed by atoms with Gasteiger partial charge < -0.3 is 9.15 Å². The van der Waals surface area contributed by atoms with Crippen molar-refractivity contribution in [3.63, 3.8) is 0 Å². The third-order valence-corrected chi connectivity index (χ3v) is 4.50. The van der Waals surface area contributed by atoms with E-state index in [0.29, 0.717) is 11.1 Å². The molecule has 3 aromatic carbocycles. The van der Waals surface area contributed by atoms with Crippen LogP contribution < -0.4 is 10.4 Å². The van der Waals surface area contributed by atoms with Crippen molar-refractivity contribution < 1.29 is 9.15 Å². The third-order valence-electron chi connectivity index (χ3n) is 4.50. The van der Waals surface area contributed by atoms with Crippen molar-refractivity contribution >= 4 is 11.0 Å². The van der Waals surface area contributed by atoms with Gasteiger partial charge in [-0.25, -0.2) is 4.79 Å². The van der Waals surface area contributed by atoms with E-state index in [2.05, 4.69) is 6.07 Å². The highest BCUT2D eigenvalue weighted by molar-refractivity contribution is 6.01. The lowest BCUT2D eigenvalue weighted by Crippen LogP contribution is -2.06. The summed E-state index contributed by atoms with van der Waals surface area (Å²) in [5, 5.41) is 0.932. The minimum atomic E-state index is -0.342. The zero-order valence-electron chi connectivity index (χ0n) is 14.7. The van der Waals surface area contributed by atoms with Crippen molar-refractivity contribution in [2.75, 3.05) is 7.11 Å². The highest BCUT2D eigenvalue weighted by atomic mass is 16.5. The highest BCUT2D eigenvalue weighted by Crippen LogP contribution is 2.36. The van der Waals surface area contributed by atoms with Gasteiger partial charge in [0.2, 0.25) is 0 Å². The molecule has 0 atom stereocenters. The summed E-state index contributed by atoms with van der Waals surface area (Å²) in [6, 6.07) is 23.3. The number of aryl methyl sites for hydroxylation is 1. The van der Waals surface area contributed by atoms with Crippen LogP contribution in [0.3, 0.4) is 0 Å². The van der Waals surface area contributed by atoms with Crippen molar-refractivity contribution in [2.45, 2.75) is 6.92 Å². The Labute approximate surface area is 151 Å². The molecule has 0 aliphatic carbocycles. The normalized spacial score (nSPS) is 10.8. The van der Waals surface area contributed by atoms with Gasteiger partial charge in [0.15, 0.2) is 0 Å². The number of hydrogen-bond acceptors (Lipinski definition) is 3. The minimum Gasteiger partial charge on any atom is -0.497 e. The lowest BCUT2D eigenvalue weighted by Gasteiger charge is -2.13. The largest absolute Gasteiger partial charge is 0.497 e. The third kappa shape index (κ3) is 2.78. The Kier molecular flexibility index (Phi) is 4.05. The summed E-state index contributed by atoms with van der Waals surface area (Å²) in [5.74, 6) is 0.746. The van der Waals surface area contributed by atoms with Crippen molar-refractivity contribution in [2.24, 2.45) is 0 Å². The summed E-state index contributed by atoms with van der Waals surface area (Å²) in [7, 11) is 1.62. The van der Waals surface area contributed by atoms with E-state index < -0.39 is 0 Å². The van der Waals surface area contributed by atoms with Crippen LogP contribution >= 0.6 is 0 Å². The second kappa shape index (κ2) is 6.52. The minimum absolute atomic E-state index is 0.342. The topological polar surface area (TPSA) is 39.4 Å². The molecule has 4 rings (SSSR count). The van der Waals surface area contributed by atoms with Crippen LogP contribution in [0.1, 0.15) is 5.56 Å². The second-order valence-electron chi connectivity index (χ2n) is 6.23. The Morgan fingerprint density at radius 1 is 0.808 bits per heavy atom. The first-order valence-corrected chi connectivity index (χ1v) is 8.44. The zero-order chi connectivity index (χ0) is 18.1. The molecule has 0 unspecified atom stereocenters. The summed E-state index contributed by atoms with van der Waals surface area (Å²) < 4.78 is 10.9. The van der Waals surface area contributed by atoms with Crippen molar-refractivity contribution in [1.82, 2.24) is 0 Å². The summed E-state index contributed by atoms with van der Waals surface area (Å²) in [4.78, 5) is 12.9. The van der Waals surface area contributed by atoms with Gasteiger partial charge in [0.1, 0.15) is 11.3 Å². The van der Waals surface area contributed by atoms with Gasteiger partial charge in [-0.05, 0) is 42.3 Å². The molecule has 0 N–H and O–H groups in total. The van der Waals surface area contributed by atoms with Gasteiger partial charge in [-0.15, -0.1) is 0 Å². The van der Waals surface area contributed by atoms with E-state index in [9.17, 15) is 4.79 Å². The maximum absolute atomic E-state index is 12.9. The summed E-state index contributed by atoms with van der Waals surface area (Å²) >= 11 is 0. The molecule has 1 heterocycles. The number of hydrogen-bond donors (Lipinski definition) is 0. The van der Waals surface area contributed by atoms with E-state index in [-0.39, 0.29) is 5.63 Å². The van der Waals surface area contributed by atoms with Crippen LogP contribution in [0.5, 0.6) is 5.75 Å². The molecule has 1 aromatic heterocycles. The summed E-state index contributed by atoms with van der Waals surface area (Å²) in [5.41, 5.74) is 4.62. The zero-order valence-corrected chi connectivity index (χ0v) is 14.7. The predicted molar refractivity (Wildman–Crippen MR) is 105 cm³/mol. The standard InChI is InChI=1S/C23H18O3/c1-15-8-13-20-19(14-15)21(16-6-4-3-5-7-16)22(23(24)26-20)17-9-11-18(25-2)12-10-17/h3-14H,1-2H3. The Morgan fingerprint density at radius 3 is 2.19 bits per heavy atom. The average Bonchev–Trinajstić information content (AvgIpc) is 2.68. The number of ether oxygens (including phenoxy) is 1. The molecule has 128 valence electrons. The Morgan fingerprint density at radius 2 is 1.50 bits per heavy atom. The lowest BCUT2D eigenvalue weighted by molar-refractivity contribution is 0.415. The summed E-state index contributed by atoms with van der Waals surface area (Å²) in [6.07, 6.45) is 0. The van der Waals surface area contributed by atoms with E-state index in [4.69, 9.17) is 9.15 Å². The summed E-state index contributed by atoms with van der Waals surface area (Å²) in [6.45, 7) is 2.03. The van der Waals surface area contributed by atoms with Crippen LogP contribution in [0.2, 0.25) is 0 Å². The molecule has 3 nitrogen and oxygen atoms in total. The van der Waals surface area contributed by atoms with E-state index in [0.717, 1.165) is 33.4 Å². The monoisotopic (exact) mass is 342 g/mol. The average molecular weight is 342 g/mol. The fraction of sp³-hybridized carbons (Fsp3) is 0.0870. The first-order chi connectivity index (χ1) is 12.7. The van der Waals surface area contributed by atoms with Gasteiger partial charge in [-0.3, -0.25) is 0 Å². The molecule has 0 aliphatic rings. The molecule has 3 heteroatoms. The number of fused-ring (bicyclic) bond motifs is 1. The Hall–Kier alpha value is -3.33. The SMILES string of the molecule is COc1ccc(-c2c(-c3ccccc3)c3cc(C)ccc3oc2=O)cc1. The predicted octanol–water partition coefficient (Wildman–Crippen LogP) is 5.44. The van der Waals surface area contributed by atoms with Crippen molar-refractivity contribution in [3.05, 3.63) is 88.8 Å². The molecule has 0 amide bonds. The van der Waals surface area contributed by atoms with Gasteiger partial charge in [0.25, 0.3) is 0 Å². The molecule has 0 saturated heterocycles. The van der Waals surface area contributed by atoms with E-state index >= 15 is 0 Å². The first-order valence-electron chi connectivity index (χ1n) is 8.44. The first kappa shape index (κ1) is 16.2. The van der Waals surface area contributed by atoms with E-state index in [1.165, 1.54) is 0 Å². The molecule has 0 spiro atoms. The Bertz CT molecular complexity index is 1120. The van der Waals surface area contributed by atoms with Crippen LogP contribution in [0.4, 0.5) is 0 Å². The van der Waals surface area contributed by atoms with Gasteiger partial charge in [-0.1, -0.05) is 54.1 Å². The maximum Gasteiger partial charge on any atom is 0.344 e. The molecular weight excluding hydrogens is 324 g/mol. The second-order valence-corrected chi connectivity index (χ2v) is 6.23. The van der Waals surface area contributed by atoms with Crippen LogP contribution in [0.25, 0.3) is 33.2 Å². The molecule has 0 saturated carbocycles. The number of methoxy groups -OCH3 is 1. The van der Waals surface area contributed by atoms with Gasteiger partial charge in [0.05, 0.1) is 12.7 Å². The van der Waals surface area contributed by atoms with Crippen LogP contribution in [0.15, 0.2) is 82.0 Å². The smallest absolute Gasteiger partial charge is 0.344 e. The van der Waals surface area contributed by atoms with Gasteiger partial charge >= 0.3 is 5.63 Å². The van der Waals surface area contributed by atoms with Crippen LogP contribution in [-0.2, 0) is 0 Å². The molecule has 0 bridgehead atoms. The molecule has 4 aromatic rings. The van der Waals surface area contributed by atoms with Crippen LogP contribution in [0, 0.1) is 6.92 Å². The van der Waals surface area contributed by atoms with Crippen molar-refractivity contribution in [3.8, 4) is 28.0 Å². The molecular formula is C23H18O3. The maximum atomic E-state index is 12.9. The molecule has 0 fully saturated rings. The van der Waals surface area contributed by atoms with Gasteiger partial charge in [-0.2, -0.15) is 0 Å². The quantitative estimate of drug-likeness (QED) is 0.465. The van der Waals surface area contributed by atoms with Crippen molar-refractivity contribution in [1.29, 1.82) is 0 Å². The fourth-order valence-corrected chi connectivity index (χ4v) is 3.24. The molecule has 0 aliphatic heterocycles. The van der Waals surface area contributed by atoms with E-state index in [1.807, 2.05) is 73.7 Å². The highest BCUT2D eigenvalue weighted by Gasteiger charge is 2.18. The number of rotatable bonds is 3. The fourth-order valence-electron chi connectivity index (χ4n) is 3.24. The number of benzene rings is 3. The lowest BCUT2D eigenvalue weighted by atomic mass is 9.92. The molecule has 0 radical (unpaired) electrons. The van der Waals surface area contributed by atoms with Crippen LogP contribution in [-0.4, -0.2) is 7.11 Å². The Balaban J connectivity index is 2.11. The molecule has 26 heavy (non-hydrogen) atoms.